The lowest BCUT2D eigenvalue weighted by Gasteiger charge is -2.09. The van der Waals surface area contributed by atoms with Crippen LogP contribution in [0.4, 0.5) is 5.69 Å². The zero-order chi connectivity index (χ0) is 17.5. The second-order valence-electron chi connectivity index (χ2n) is 5.32. The third kappa shape index (κ3) is 4.49. The minimum atomic E-state index is -0.251. The molecule has 0 saturated carbocycles. The summed E-state index contributed by atoms with van der Waals surface area (Å²) in [5.41, 5.74) is 0.636. The van der Waals surface area contributed by atoms with Gasteiger partial charge >= 0.3 is 0 Å². The number of nitrogens with zero attached hydrogens (tertiary/aromatic N) is 1. The summed E-state index contributed by atoms with van der Waals surface area (Å²) >= 11 is 0. The van der Waals surface area contributed by atoms with E-state index in [2.05, 4.69) is 5.32 Å². The molecule has 0 saturated heterocycles. The molecule has 0 aliphatic carbocycles. The molecule has 5 nitrogen and oxygen atoms in total. The van der Waals surface area contributed by atoms with Crippen LogP contribution in [0, 0.1) is 11.3 Å². The highest BCUT2D eigenvalue weighted by atomic mass is 16.5. The minimum Gasteiger partial charge on any atom is -0.484 e. The van der Waals surface area contributed by atoms with E-state index in [1.165, 1.54) is 0 Å². The molecule has 0 atom stereocenters. The first-order chi connectivity index (χ1) is 12.2. The van der Waals surface area contributed by atoms with Crippen molar-refractivity contribution < 1.29 is 14.3 Å². The lowest BCUT2D eigenvalue weighted by Crippen LogP contribution is -2.20. The molecule has 0 spiro atoms. The van der Waals surface area contributed by atoms with Gasteiger partial charge in [-0.25, -0.2) is 0 Å². The standard InChI is InChI=1S/C20H16N2O3/c21-11-12-24-18-9-6-17(7-10-18)22-20(23)14-25-19-8-5-15-3-1-2-4-16(15)13-19/h1-10,13H,12,14H2,(H,22,23). The SMILES string of the molecule is N#CCOc1ccc(NC(=O)COc2ccc3ccccc3c2)cc1. The van der Waals surface area contributed by atoms with Crippen molar-refractivity contribution >= 4 is 22.4 Å². The first kappa shape index (κ1) is 16.3. The maximum absolute atomic E-state index is 12.0. The lowest BCUT2D eigenvalue weighted by molar-refractivity contribution is -0.118. The molecule has 0 unspecified atom stereocenters. The quantitative estimate of drug-likeness (QED) is 0.746. The molecule has 3 aromatic rings. The number of nitriles is 1. The number of hydrogen-bond donors (Lipinski definition) is 1. The Morgan fingerprint density at radius 1 is 0.920 bits per heavy atom. The van der Waals surface area contributed by atoms with Crippen molar-refractivity contribution in [1.29, 1.82) is 5.26 Å². The summed E-state index contributed by atoms with van der Waals surface area (Å²) in [6.45, 7) is -0.0870. The van der Waals surface area contributed by atoms with E-state index < -0.39 is 0 Å². The number of anilines is 1. The van der Waals surface area contributed by atoms with Crippen LogP contribution in [0.1, 0.15) is 0 Å². The van der Waals surface area contributed by atoms with Gasteiger partial charge in [0.15, 0.2) is 13.2 Å². The number of carbonyl (C=O) groups is 1. The van der Waals surface area contributed by atoms with Crippen LogP contribution in [0.25, 0.3) is 10.8 Å². The first-order valence-corrected chi connectivity index (χ1v) is 7.76. The zero-order valence-corrected chi connectivity index (χ0v) is 13.4. The molecule has 0 aliphatic heterocycles. The number of fused-ring (bicyclic) bond motifs is 1. The third-order valence-electron chi connectivity index (χ3n) is 3.53. The second-order valence-corrected chi connectivity index (χ2v) is 5.32. The van der Waals surface area contributed by atoms with Crippen LogP contribution in [0.3, 0.4) is 0 Å². The zero-order valence-electron chi connectivity index (χ0n) is 13.4. The summed E-state index contributed by atoms with van der Waals surface area (Å²) in [4.78, 5) is 12.0. The van der Waals surface area contributed by atoms with Crippen molar-refractivity contribution in [3.63, 3.8) is 0 Å². The minimum absolute atomic E-state index is 0.00863. The smallest absolute Gasteiger partial charge is 0.262 e. The average molecular weight is 332 g/mol. The number of ether oxygens (including phenoxy) is 2. The molecule has 3 aromatic carbocycles. The molecular weight excluding hydrogens is 316 g/mol. The fourth-order valence-corrected chi connectivity index (χ4v) is 2.35. The Labute approximate surface area is 145 Å². The van der Waals surface area contributed by atoms with Crippen LogP contribution in [-0.4, -0.2) is 19.1 Å². The Morgan fingerprint density at radius 2 is 1.64 bits per heavy atom. The summed E-state index contributed by atoms with van der Waals surface area (Å²) < 4.78 is 10.7. The molecule has 0 aliphatic rings. The molecular formula is C20H16N2O3. The number of carbonyl (C=O) groups excluding carboxylic acids is 1. The Kier molecular flexibility index (Phi) is 5.13. The van der Waals surface area contributed by atoms with Crippen molar-refractivity contribution in [1.82, 2.24) is 0 Å². The maximum atomic E-state index is 12.0. The molecule has 5 heteroatoms. The molecule has 1 amide bonds. The van der Waals surface area contributed by atoms with Gasteiger partial charge in [-0.05, 0) is 47.2 Å². The van der Waals surface area contributed by atoms with Gasteiger partial charge in [-0.2, -0.15) is 5.26 Å². The fraction of sp³-hybridized carbons (Fsp3) is 0.100. The summed E-state index contributed by atoms with van der Waals surface area (Å²) in [5.74, 6) is 0.972. The first-order valence-electron chi connectivity index (χ1n) is 7.76. The molecule has 0 bridgehead atoms. The van der Waals surface area contributed by atoms with E-state index in [0.29, 0.717) is 17.2 Å². The highest BCUT2D eigenvalue weighted by Crippen LogP contribution is 2.20. The summed E-state index contributed by atoms with van der Waals surface area (Å²) in [5, 5.41) is 13.4. The summed E-state index contributed by atoms with van der Waals surface area (Å²) in [6.07, 6.45) is 0. The highest BCUT2D eigenvalue weighted by Gasteiger charge is 2.05. The van der Waals surface area contributed by atoms with Gasteiger partial charge in [0.1, 0.15) is 17.6 Å². The van der Waals surface area contributed by atoms with Gasteiger partial charge in [-0.1, -0.05) is 30.3 Å². The van der Waals surface area contributed by atoms with E-state index in [1.54, 1.807) is 24.3 Å². The Morgan fingerprint density at radius 3 is 2.40 bits per heavy atom. The molecule has 0 aromatic heterocycles. The van der Waals surface area contributed by atoms with Crippen molar-refractivity contribution in [2.75, 3.05) is 18.5 Å². The molecule has 25 heavy (non-hydrogen) atoms. The van der Waals surface area contributed by atoms with Crippen LogP contribution >= 0.6 is 0 Å². The summed E-state index contributed by atoms with van der Waals surface area (Å²) in [6, 6.07) is 22.4. The van der Waals surface area contributed by atoms with E-state index in [0.717, 1.165) is 10.8 Å². The van der Waals surface area contributed by atoms with Crippen molar-refractivity contribution in [2.24, 2.45) is 0 Å². The van der Waals surface area contributed by atoms with Crippen LogP contribution in [0.5, 0.6) is 11.5 Å². The van der Waals surface area contributed by atoms with Crippen LogP contribution in [-0.2, 0) is 4.79 Å². The normalized spacial score (nSPS) is 10.0. The number of hydrogen-bond acceptors (Lipinski definition) is 4. The molecule has 0 fully saturated rings. The van der Waals surface area contributed by atoms with Crippen molar-refractivity contribution in [2.45, 2.75) is 0 Å². The predicted octanol–water partition coefficient (Wildman–Crippen LogP) is 3.76. The topological polar surface area (TPSA) is 71.3 Å². The predicted molar refractivity (Wildman–Crippen MR) is 95.6 cm³/mol. The number of benzene rings is 3. The largest absolute Gasteiger partial charge is 0.484 e. The van der Waals surface area contributed by atoms with Gasteiger partial charge in [0.25, 0.3) is 5.91 Å². The molecule has 0 radical (unpaired) electrons. The molecule has 0 heterocycles. The fourth-order valence-electron chi connectivity index (χ4n) is 2.35. The van der Waals surface area contributed by atoms with E-state index in [1.807, 2.05) is 48.5 Å². The third-order valence-corrected chi connectivity index (χ3v) is 3.53. The van der Waals surface area contributed by atoms with E-state index in [9.17, 15) is 4.79 Å². The van der Waals surface area contributed by atoms with Gasteiger partial charge in [-0.15, -0.1) is 0 Å². The molecule has 1 N–H and O–H groups in total. The number of rotatable bonds is 6. The number of amides is 1. The molecule has 3 rings (SSSR count). The Balaban J connectivity index is 1.54. The Hall–Kier alpha value is -3.52. The van der Waals surface area contributed by atoms with Crippen LogP contribution in [0.2, 0.25) is 0 Å². The van der Waals surface area contributed by atoms with Gasteiger partial charge in [0, 0.05) is 5.69 Å². The number of nitrogens with one attached hydrogen (secondary N) is 1. The monoisotopic (exact) mass is 332 g/mol. The van der Waals surface area contributed by atoms with Gasteiger partial charge in [-0.3, -0.25) is 4.79 Å². The van der Waals surface area contributed by atoms with Crippen LogP contribution in [0.15, 0.2) is 66.7 Å². The van der Waals surface area contributed by atoms with Crippen LogP contribution < -0.4 is 14.8 Å². The van der Waals surface area contributed by atoms with E-state index in [4.69, 9.17) is 14.7 Å². The van der Waals surface area contributed by atoms with Gasteiger partial charge < -0.3 is 14.8 Å². The second kappa shape index (κ2) is 7.84. The highest BCUT2D eigenvalue weighted by molar-refractivity contribution is 5.92. The lowest BCUT2D eigenvalue weighted by atomic mass is 10.1. The van der Waals surface area contributed by atoms with Gasteiger partial charge in [0.05, 0.1) is 0 Å². The van der Waals surface area contributed by atoms with Crippen molar-refractivity contribution in [3.8, 4) is 17.6 Å². The maximum Gasteiger partial charge on any atom is 0.262 e. The van der Waals surface area contributed by atoms with Crippen molar-refractivity contribution in [3.05, 3.63) is 66.7 Å². The average Bonchev–Trinajstić information content (AvgIpc) is 2.65. The summed E-state index contributed by atoms with van der Waals surface area (Å²) in [7, 11) is 0. The Bertz CT molecular complexity index is 914. The van der Waals surface area contributed by atoms with Gasteiger partial charge in [0.2, 0.25) is 0 Å². The van der Waals surface area contributed by atoms with E-state index >= 15 is 0 Å². The molecule has 124 valence electrons. The van der Waals surface area contributed by atoms with E-state index in [-0.39, 0.29) is 19.1 Å².